The maximum absolute atomic E-state index is 12.3. The van der Waals surface area contributed by atoms with E-state index in [4.69, 9.17) is 14.2 Å². The van der Waals surface area contributed by atoms with E-state index in [1.54, 1.807) is 32.4 Å². The Labute approximate surface area is 131 Å². The SMILES string of the molecule is COc1ccc(NC(=O)C[NH+]2C[C@H](C)O[C@@H](C)C2)c(OC)c1. The molecule has 0 aromatic heterocycles. The van der Waals surface area contributed by atoms with E-state index in [-0.39, 0.29) is 18.1 Å². The molecule has 2 N–H and O–H groups in total. The second-order valence-electron chi connectivity index (χ2n) is 5.71. The van der Waals surface area contributed by atoms with Gasteiger partial charge >= 0.3 is 0 Å². The first-order valence-corrected chi connectivity index (χ1v) is 7.52. The summed E-state index contributed by atoms with van der Waals surface area (Å²) in [6.45, 7) is 6.20. The largest absolute Gasteiger partial charge is 0.497 e. The lowest BCUT2D eigenvalue weighted by Crippen LogP contribution is -3.16. The van der Waals surface area contributed by atoms with Crippen molar-refractivity contribution >= 4 is 11.6 Å². The molecule has 1 fully saturated rings. The van der Waals surface area contributed by atoms with Crippen molar-refractivity contribution in [3.63, 3.8) is 0 Å². The summed E-state index contributed by atoms with van der Waals surface area (Å²) >= 11 is 0. The molecule has 6 heteroatoms. The standard InChI is InChI=1S/C16H24N2O4/c1-11-8-18(9-12(2)22-11)10-16(19)17-14-6-5-13(20-3)7-15(14)21-4/h5-7,11-12H,8-10H2,1-4H3,(H,17,19)/p+1/t11-,12-/m0/s1. The fraction of sp³-hybridized carbons (Fsp3) is 0.562. The first-order chi connectivity index (χ1) is 10.5. The molecule has 1 aromatic rings. The van der Waals surface area contributed by atoms with Crippen LogP contribution in [0.1, 0.15) is 13.8 Å². The molecule has 6 nitrogen and oxygen atoms in total. The molecule has 0 aliphatic carbocycles. The third kappa shape index (κ3) is 4.35. The summed E-state index contributed by atoms with van der Waals surface area (Å²) < 4.78 is 16.1. The number of carbonyl (C=O) groups excluding carboxylic acids is 1. The number of methoxy groups -OCH3 is 2. The van der Waals surface area contributed by atoms with E-state index in [1.807, 2.05) is 13.8 Å². The van der Waals surface area contributed by atoms with Gasteiger partial charge in [-0.3, -0.25) is 4.79 Å². The number of anilines is 1. The number of hydrogen-bond acceptors (Lipinski definition) is 4. The molecule has 1 aliphatic rings. The zero-order valence-electron chi connectivity index (χ0n) is 13.6. The number of ether oxygens (including phenoxy) is 3. The van der Waals surface area contributed by atoms with Crippen LogP contribution in [0.2, 0.25) is 0 Å². The van der Waals surface area contributed by atoms with Gasteiger partial charge in [0, 0.05) is 6.07 Å². The second-order valence-corrected chi connectivity index (χ2v) is 5.71. The van der Waals surface area contributed by atoms with Gasteiger partial charge in [0.05, 0.1) is 19.9 Å². The highest BCUT2D eigenvalue weighted by atomic mass is 16.5. The second kappa shape index (κ2) is 7.47. The number of morpholine rings is 1. The van der Waals surface area contributed by atoms with Crippen molar-refractivity contribution in [2.45, 2.75) is 26.1 Å². The van der Waals surface area contributed by atoms with Gasteiger partial charge in [0.1, 0.15) is 36.8 Å². The molecule has 0 saturated carbocycles. The Kier molecular flexibility index (Phi) is 5.63. The van der Waals surface area contributed by atoms with Gasteiger partial charge < -0.3 is 24.4 Å². The molecule has 22 heavy (non-hydrogen) atoms. The molecule has 2 atom stereocenters. The Balaban J connectivity index is 1.97. The van der Waals surface area contributed by atoms with Gasteiger partial charge in [0.25, 0.3) is 5.91 Å². The monoisotopic (exact) mass is 309 g/mol. The Morgan fingerprint density at radius 3 is 2.55 bits per heavy atom. The van der Waals surface area contributed by atoms with Crippen molar-refractivity contribution < 1.29 is 23.9 Å². The van der Waals surface area contributed by atoms with Crippen LogP contribution in [0.5, 0.6) is 11.5 Å². The molecule has 0 radical (unpaired) electrons. The molecule has 0 unspecified atom stereocenters. The molecule has 2 rings (SSSR count). The minimum absolute atomic E-state index is 0.0280. The topological polar surface area (TPSA) is 61.2 Å². The minimum Gasteiger partial charge on any atom is -0.497 e. The number of benzene rings is 1. The van der Waals surface area contributed by atoms with Crippen molar-refractivity contribution in [1.82, 2.24) is 0 Å². The summed E-state index contributed by atoms with van der Waals surface area (Å²) in [6.07, 6.45) is 0.365. The predicted molar refractivity (Wildman–Crippen MR) is 83.7 cm³/mol. The highest BCUT2D eigenvalue weighted by molar-refractivity contribution is 5.93. The normalized spacial score (nSPS) is 24.6. The number of carbonyl (C=O) groups is 1. The first kappa shape index (κ1) is 16.6. The molecule has 0 bridgehead atoms. The van der Waals surface area contributed by atoms with Crippen LogP contribution in [-0.2, 0) is 9.53 Å². The van der Waals surface area contributed by atoms with Gasteiger partial charge in [0.15, 0.2) is 6.54 Å². The molecule has 1 aromatic carbocycles. The van der Waals surface area contributed by atoms with E-state index >= 15 is 0 Å². The average molecular weight is 309 g/mol. The molecular formula is C16H25N2O4+. The Morgan fingerprint density at radius 2 is 1.95 bits per heavy atom. The van der Waals surface area contributed by atoms with Crippen LogP contribution >= 0.6 is 0 Å². The highest BCUT2D eigenvalue weighted by Gasteiger charge is 2.27. The van der Waals surface area contributed by atoms with Crippen molar-refractivity contribution in [2.24, 2.45) is 0 Å². The first-order valence-electron chi connectivity index (χ1n) is 7.52. The molecule has 122 valence electrons. The fourth-order valence-electron chi connectivity index (χ4n) is 2.86. The lowest BCUT2D eigenvalue weighted by molar-refractivity contribution is -0.907. The van der Waals surface area contributed by atoms with Gasteiger partial charge in [-0.2, -0.15) is 0 Å². The van der Waals surface area contributed by atoms with Crippen molar-refractivity contribution in [3.8, 4) is 11.5 Å². The number of amides is 1. The number of nitrogens with one attached hydrogen (secondary N) is 2. The number of quaternary nitrogens is 1. The highest BCUT2D eigenvalue weighted by Crippen LogP contribution is 2.28. The number of rotatable bonds is 5. The van der Waals surface area contributed by atoms with Crippen LogP contribution < -0.4 is 19.7 Å². The van der Waals surface area contributed by atoms with E-state index in [1.165, 1.54) is 4.90 Å². The molecule has 1 aliphatic heterocycles. The maximum Gasteiger partial charge on any atom is 0.279 e. The van der Waals surface area contributed by atoms with Crippen molar-refractivity contribution in [3.05, 3.63) is 18.2 Å². The van der Waals surface area contributed by atoms with Crippen molar-refractivity contribution in [1.29, 1.82) is 0 Å². The third-order valence-corrected chi connectivity index (χ3v) is 3.71. The summed E-state index contributed by atoms with van der Waals surface area (Å²) in [6, 6.07) is 5.33. The van der Waals surface area contributed by atoms with E-state index in [2.05, 4.69) is 5.32 Å². The Morgan fingerprint density at radius 1 is 1.27 bits per heavy atom. The van der Waals surface area contributed by atoms with E-state index < -0.39 is 0 Å². The lowest BCUT2D eigenvalue weighted by atomic mass is 10.2. The lowest BCUT2D eigenvalue weighted by Gasteiger charge is -2.31. The summed E-state index contributed by atoms with van der Waals surface area (Å²) in [5, 5.41) is 2.91. The molecular weight excluding hydrogens is 284 g/mol. The molecule has 1 amide bonds. The smallest absolute Gasteiger partial charge is 0.279 e. The van der Waals surface area contributed by atoms with Gasteiger partial charge in [-0.1, -0.05) is 0 Å². The molecule has 1 heterocycles. The van der Waals surface area contributed by atoms with Crippen LogP contribution in [0.4, 0.5) is 5.69 Å². The third-order valence-electron chi connectivity index (χ3n) is 3.71. The van der Waals surface area contributed by atoms with Gasteiger partial charge in [-0.25, -0.2) is 0 Å². The zero-order chi connectivity index (χ0) is 16.1. The zero-order valence-corrected chi connectivity index (χ0v) is 13.6. The van der Waals surface area contributed by atoms with Gasteiger partial charge in [-0.05, 0) is 26.0 Å². The van der Waals surface area contributed by atoms with Crippen LogP contribution in [0.25, 0.3) is 0 Å². The van der Waals surface area contributed by atoms with Gasteiger partial charge in [-0.15, -0.1) is 0 Å². The maximum atomic E-state index is 12.3. The summed E-state index contributed by atoms with van der Waals surface area (Å²) in [4.78, 5) is 13.5. The fourth-order valence-corrected chi connectivity index (χ4v) is 2.86. The van der Waals surface area contributed by atoms with Crippen LogP contribution in [0, 0.1) is 0 Å². The average Bonchev–Trinajstić information content (AvgIpc) is 2.46. The van der Waals surface area contributed by atoms with Crippen LogP contribution in [-0.4, -0.2) is 52.0 Å². The summed E-state index contributed by atoms with van der Waals surface area (Å²) in [7, 11) is 3.16. The van der Waals surface area contributed by atoms with Crippen molar-refractivity contribution in [2.75, 3.05) is 39.2 Å². The number of hydrogen-bond donors (Lipinski definition) is 2. The summed E-state index contributed by atoms with van der Waals surface area (Å²) in [5.74, 6) is 1.25. The van der Waals surface area contributed by atoms with Crippen LogP contribution in [0.15, 0.2) is 18.2 Å². The quantitative estimate of drug-likeness (QED) is 0.823. The molecule has 0 spiro atoms. The van der Waals surface area contributed by atoms with Gasteiger partial charge in [0.2, 0.25) is 0 Å². The minimum atomic E-state index is -0.0280. The van der Waals surface area contributed by atoms with E-state index in [9.17, 15) is 4.79 Å². The Bertz CT molecular complexity index is 511. The Hall–Kier alpha value is -1.79. The predicted octanol–water partition coefficient (Wildman–Crippen LogP) is 0.334. The van der Waals surface area contributed by atoms with E-state index in [0.29, 0.717) is 23.7 Å². The van der Waals surface area contributed by atoms with E-state index in [0.717, 1.165) is 13.1 Å². The van der Waals surface area contributed by atoms with Crippen LogP contribution in [0.3, 0.4) is 0 Å². The molecule has 1 saturated heterocycles. The summed E-state index contributed by atoms with van der Waals surface area (Å²) in [5.41, 5.74) is 0.655.